The van der Waals surface area contributed by atoms with Crippen LogP contribution in [0.25, 0.3) is 0 Å². The number of rotatable bonds is 6. The number of carbonyl (C=O) groups is 1. The Labute approximate surface area is 121 Å². The van der Waals surface area contributed by atoms with Crippen LogP contribution < -0.4 is 0 Å². The summed E-state index contributed by atoms with van der Waals surface area (Å²) < 4.78 is 0. The molecule has 1 rings (SSSR count). The molecule has 1 aromatic carbocycles. The Balaban J connectivity index is 2.82. The highest BCUT2D eigenvalue weighted by molar-refractivity contribution is 5.94. The number of aliphatic hydroxyl groups excluding tert-OH is 1. The average molecular weight is 273 g/mol. The standard InChI is InChI=1S/C17H23NO2/c1-3-5-12-18(4-2)17(20)16-11-8-10-15(14-16)9-6-7-13-19/h8,10-11,14,19H,3-5,7,12-13H2,1-2H3. The van der Waals surface area contributed by atoms with Gasteiger partial charge in [-0.1, -0.05) is 31.3 Å². The number of aliphatic hydroxyl groups is 1. The molecular weight excluding hydrogens is 250 g/mol. The van der Waals surface area contributed by atoms with Gasteiger partial charge in [0.1, 0.15) is 0 Å². The number of benzene rings is 1. The summed E-state index contributed by atoms with van der Waals surface area (Å²) in [4.78, 5) is 14.3. The molecule has 1 amide bonds. The van der Waals surface area contributed by atoms with Crippen molar-refractivity contribution in [2.24, 2.45) is 0 Å². The fourth-order valence-electron chi connectivity index (χ4n) is 1.89. The van der Waals surface area contributed by atoms with Gasteiger partial charge in [0, 0.05) is 30.6 Å². The van der Waals surface area contributed by atoms with Crippen molar-refractivity contribution in [2.75, 3.05) is 19.7 Å². The molecule has 3 nitrogen and oxygen atoms in total. The molecule has 0 radical (unpaired) electrons. The van der Waals surface area contributed by atoms with Crippen LogP contribution >= 0.6 is 0 Å². The van der Waals surface area contributed by atoms with E-state index in [9.17, 15) is 4.79 Å². The van der Waals surface area contributed by atoms with E-state index >= 15 is 0 Å². The van der Waals surface area contributed by atoms with E-state index in [1.165, 1.54) is 0 Å². The van der Waals surface area contributed by atoms with E-state index in [1.54, 1.807) is 0 Å². The number of unbranched alkanes of at least 4 members (excludes halogenated alkanes) is 1. The lowest BCUT2D eigenvalue weighted by Crippen LogP contribution is -2.31. The molecule has 0 aliphatic carbocycles. The van der Waals surface area contributed by atoms with Crippen LogP contribution in [0.3, 0.4) is 0 Å². The minimum atomic E-state index is 0.0618. The van der Waals surface area contributed by atoms with E-state index in [1.807, 2.05) is 36.1 Å². The van der Waals surface area contributed by atoms with Gasteiger partial charge in [0.15, 0.2) is 0 Å². The maximum absolute atomic E-state index is 12.4. The first-order valence-corrected chi connectivity index (χ1v) is 7.22. The van der Waals surface area contributed by atoms with Crippen molar-refractivity contribution in [3.63, 3.8) is 0 Å². The number of hydrogen-bond acceptors (Lipinski definition) is 2. The van der Waals surface area contributed by atoms with Gasteiger partial charge in [-0.25, -0.2) is 0 Å². The SMILES string of the molecule is CCCCN(CC)C(=O)c1cccc(C#CCCO)c1. The number of amides is 1. The van der Waals surface area contributed by atoms with Gasteiger partial charge < -0.3 is 10.0 Å². The van der Waals surface area contributed by atoms with Crippen LogP contribution in [0, 0.1) is 11.8 Å². The fraction of sp³-hybridized carbons (Fsp3) is 0.471. The second kappa shape index (κ2) is 9.17. The third kappa shape index (κ3) is 5.07. The first-order valence-electron chi connectivity index (χ1n) is 7.22. The molecule has 0 atom stereocenters. The van der Waals surface area contributed by atoms with Gasteiger partial charge in [0.05, 0.1) is 6.61 Å². The van der Waals surface area contributed by atoms with Crippen LogP contribution in [0.15, 0.2) is 24.3 Å². The van der Waals surface area contributed by atoms with Gasteiger partial charge in [-0.15, -0.1) is 0 Å². The molecule has 3 heteroatoms. The number of nitrogens with zero attached hydrogens (tertiary/aromatic N) is 1. The van der Waals surface area contributed by atoms with Gasteiger partial charge in [0.2, 0.25) is 0 Å². The molecule has 108 valence electrons. The van der Waals surface area contributed by atoms with Crippen LogP contribution in [-0.2, 0) is 0 Å². The first-order chi connectivity index (χ1) is 9.72. The van der Waals surface area contributed by atoms with Crippen molar-refractivity contribution in [2.45, 2.75) is 33.1 Å². The maximum Gasteiger partial charge on any atom is 0.253 e. The van der Waals surface area contributed by atoms with Crippen molar-refractivity contribution in [3.8, 4) is 11.8 Å². The molecule has 0 aliphatic heterocycles. The average Bonchev–Trinajstić information content (AvgIpc) is 2.48. The number of carbonyl (C=O) groups excluding carboxylic acids is 1. The summed E-state index contributed by atoms with van der Waals surface area (Å²) in [5.74, 6) is 5.89. The predicted molar refractivity (Wildman–Crippen MR) is 81.5 cm³/mol. The van der Waals surface area contributed by atoms with Crippen molar-refractivity contribution in [3.05, 3.63) is 35.4 Å². The third-order valence-corrected chi connectivity index (χ3v) is 3.03. The first kappa shape index (κ1) is 16.3. The second-order valence-electron chi connectivity index (χ2n) is 4.59. The Hall–Kier alpha value is -1.79. The molecule has 1 N–H and O–H groups in total. The van der Waals surface area contributed by atoms with E-state index in [2.05, 4.69) is 18.8 Å². The zero-order valence-corrected chi connectivity index (χ0v) is 12.4. The zero-order chi connectivity index (χ0) is 14.8. The molecule has 0 aromatic heterocycles. The normalized spacial score (nSPS) is 9.75. The van der Waals surface area contributed by atoms with Crippen LogP contribution in [0.5, 0.6) is 0 Å². The van der Waals surface area contributed by atoms with Crippen LogP contribution in [0.1, 0.15) is 49.0 Å². The van der Waals surface area contributed by atoms with E-state index < -0.39 is 0 Å². The van der Waals surface area contributed by atoms with Crippen molar-refractivity contribution in [1.29, 1.82) is 0 Å². The highest BCUT2D eigenvalue weighted by Gasteiger charge is 2.13. The maximum atomic E-state index is 12.4. The lowest BCUT2D eigenvalue weighted by Gasteiger charge is -2.20. The molecule has 0 fully saturated rings. The van der Waals surface area contributed by atoms with E-state index in [-0.39, 0.29) is 12.5 Å². The van der Waals surface area contributed by atoms with E-state index in [4.69, 9.17) is 5.11 Å². The van der Waals surface area contributed by atoms with Crippen molar-refractivity contribution in [1.82, 2.24) is 4.90 Å². The Morgan fingerprint density at radius 3 is 2.80 bits per heavy atom. The summed E-state index contributed by atoms with van der Waals surface area (Å²) in [5.41, 5.74) is 1.49. The van der Waals surface area contributed by atoms with Gasteiger partial charge in [-0.2, -0.15) is 0 Å². The topological polar surface area (TPSA) is 40.5 Å². The predicted octanol–water partition coefficient (Wildman–Crippen LogP) is 2.68. The Kier molecular flexibility index (Phi) is 7.46. The van der Waals surface area contributed by atoms with E-state index in [0.29, 0.717) is 12.0 Å². The van der Waals surface area contributed by atoms with Gasteiger partial charge in [-0.05, 0) is 31.5 Å². The molecule has 1 aromatic rings. The smallest absolute Gasteiger partial charge is 0.253 e. The quantitative estimate of drug-likeness (QED) is 0.810. The summed E-state index contributed by atoms with van der Waals surface area (Å²) in [7, 11) is 0. The monoisotopic (exact) mass is 273 g/mol. The minimum absolute atomic E-state index is 0.0618. The molecular formula is C17H23NO2. The summed E-state index contributed by atoms with van der Waals surface area (Å²) in [6.07, 6.45) is 2.56. The molecule has 0 bridgehead atoms. The van der Waals surface area contributed by atoms with Crippen molar-refractivity contribution < 1.29 is 9.90 Å². The van der Waals surface area contributed by atoms with Gasteiger partial charge >= 0.3 is 0 Å². The summed E-state index contributed by atoms with van der Waals surface area (Å²) in [6.45, 7) is 5.70. The van der Waals surface area contributed by atoms with Crippen LogP contribution in [-0.4, -0.2) is 35.6 Å². The minimum Gasteiger partial charge on any atom is -0.395 e. The third-order valence-electron chi connectivity index (χ3n) is 3.03. The highest BCUT2D eigenvalue weighted by atomic mass is 16.2. The van der Waals surface area contributed by atoms with Gasteiger partial charge in [0.25, 0.3) is 5.91 Å². The second-order valence-corrected chi connectivity index (χ2v) is 4.59. The van der Waals surface area contributed by atoms with E-state index in [0.717, 1.165) is 31.5 Å². The molecule has 0 aliphatic rings. The zero-order valence-electron chi connectivity index (χ0n) is 12.4. The van der Waals surface area contributed by atoms with Crippen LogP contribution in [0.2, 0.25) is 0 Å². The molecule has 0 saturated heterocycles. The summed E-state index contributed by atoms with van der Waals surface area (Å²) >= 11 is 0. The fourth-order valence-corrected chi connectivity index (χ4v) is 1.89. The highest BCUT2D eigenvalue weighted by Crippen LogP contribution is 2.09. The van der Waals surface area contributed by atoms with Crippen LogP contribution in [0.4, 0.5) is 0 Å². The molecule has 0 heterocycles. The lowest BCUT2D eigenvalue weighted by atomic mass is 10.1. The Morgan fingerprint density at radius 2 is 2.15 bits per heavy atom. The Morgan fingerprint density at radius 1 is 1.35 bits per heavy atom. The molecule has 0 saturated carbocycles. The summed E-state index contributed by atoms with van der Waals surface area (Å²) in [5, 5.41) is 8.71. The molecule has 0 unspecified atom stereocenters. The molecule has 20 heavy (non-hydrogen) atoms. The molecule has 0 spiro atoms. The summed E-state index contributed by atoms with van der Waals surface area (Å²) in [6, 6.07) is 7.38. The number of hydrogen-bond donors (Lipinski definition) is 1. The van der Waals surface area contributed by atoms with Crippen molar-refractivity contribution >= 4 is 5.91 Å². The largest absolute Gasteiger partial charge is 0.395 e. The van der Waals surface area contributed by atoms with Gasteiger partial charge in [-0.3, -0.25) is 4.79 Å². The Bertz CT molecular complexity index is 485. The lowest BCUT2D eigenvalue weighted by molar-refractivity contribution is 0.0762.